The van der Waals surface area contributed by atoms with Gasteiger partial charge in [-0.15, -0.1) is 0 Å². The van der Waals surface area contributed by atoms with Gasteiger partial charge in [0.05, 0.1) is 0 Å². The van der Waals surface area contributed by atoms with Gasteiger partial charge in [0.25, 0.3) is 0 Å². The summed E-state index contributed by atoms with van der Waals surface area (Å²) in [5, 5.41) is 3.07. The molecule has 0 amide bonds. The van der Waals surface area contributed by atoms with E-state index in [0.29, 0.717) is 5.57 Å². The van der Waals surface area contributed by atoms with Gasteiger partial charge in [-0.1, -0.05) is 24.3 Å². The molecule has 1 aromatic carbocycles. The lowest BCUT2D eigenvalue weighted by molar-refractivity contribution is -0.104. The van der Waals surface area contributed by atoms with Crippen LogP contribution >= 0.6 is 0 Å². The Morgan fingerprint density at radius 3 is 2.85 bits per heavy atom. The minimum Gasteiger partial charge on any atom is -0.360 e. The summed E-state index contributed by atoms with van der Waals surface area (Å²) >= 11 is 0. The number of fused-ring (bicyclic) bond motifs is 1. The van der Waals surface area contributed by atoms with Crippen molar-refractivity contribution in [3.05, 3.63) is 47.7 Å². The molecule has 0 bridgehead atoms. The van der Waals surface area contributed by atoms with E-state index in [1.807, 2.05) is 30.3 Å². The maximum absolute atomic E-state index is 10.5. The molecule has 1 aliphatic rings. The number of nitrogens with one attached hydrogen (secondary N) is 1. The maximum Gasteiger partial charge on any atom is 0.151 e. The molecule has 0 radical (unpaired) electrons. The molecular weight excluding hydrogens is 162 g/mol. The number of aldehydes is 1. The van der Waals surface area contributed by atoms with E-state index < -0.39 is 0 Å². The average Bonchev–Trinajstić information content (AvgIpc) is 2.39. The van der Waals surface area contributed by atoms with Crippen LogP contribution in [-0.2, 0) is 4.79 Å². The van der Waals surface area contributed by atoms with Crippen molar-refractivity contribution in [2.24, 2.45) is 0 Å². The van der Waals surface area contributed by atoms with Crippen molar-refractivity contribution in [2.75, 3.05) is 5.32 Å². The topological polar surface area (TPSA) is 29.1 Å². The summed E-state index contributed by atoms with van der Waals surface area (Å²) in [5.74, 6) is 0. The van der Waals surface area contributed by atoms with Crippen molar-refractivity contribution in [1.82, 2.24) is 0 Å². The van der Waals surface area contributed by atoms with Crippen molar-refractivity contribution in [3.8, 4) is 0 Å². The fraction of sp³-hybridized carbons (Fsp3) is 0. The Labute approximate surface area is 76.6 Å². The number of carbonyl (C=O) groups excluding carboxylic acids is 1. The maximum atomic E-state index is 10.5. The normalized spacial score (nSPS) is 13.7. The van der Waals surface area contributed by atoms with E-state index >= 15 is 0 Å². The molecule has 0 aromatic heterocycles. The van der Waals surface area contributed by atoms with E-state index in [0.717, 1.165) is 17.5 Å². The third kappa shape index (κ3) is 1.51. The lowest BCUT2D eigenvalue weighted by Gasteiger charge is -2.02. The standard InChI is InChI=1S/C11H9NO/c13-8-9-5-6-10-3-1-2-4-11(10)12-7-9/h1-8,12H. The number of para-hydroxylation sites is 1. The van der Waals surface area contributed by atoms with E-state index in [2.05, 4.69) is 5.32 Å². The first-order chi connectivity index (χ1) is 6.40. The molecule has 1 heterocycles. The van der Waals surface area contributed by atoms with Crippen LogP contribution < -0.4 is 5.32 Å². The second kappa shape index (κ2) is 3.27. The number of hydrogen-bond donors (Lipinski definition) is 1. The molecule has 1 N–H and O–H groups in total. The summed E-state index contributed by atoms with van der Waals surface area (Å²) in [4.78, 5) is 10.5. The zero-order valence-corrected chi connectivity index (χ0v) is 7.03. The Morgan fingerprint density at radius 2 is 2.00 bits per heavy atom. The lowest BCUT2D eigenvalue weighted by atomic mass is 10.1. The van der Waals surface area contributed by atoms with Crippen LogP contribution in [0.15, 0.2) is 42.1 Å². The molecule has 0 fully saturated rings. The molecule has 0 unspecified atom stereocenters. The quantitative estimate of drug-likeness (QED) is 0.656. The predicted molar refractivity (Wildman–Crippen MR) is 53.2 cm³/mol. The van der Waals surface area contributed by atoms with E-state index in [1.165, 1.54) is 0 Å². The highest BCUT2D eigenvalue weighted by Gasteiger charge is 2.00. The molecule has 0 saturated heterocycles. The first-order valence-electron chi connectivity index (χ1n) is 4.09. The van der Waals surface area contributed by atoms with E-state index in [-0.39, 0.29) is 0 Å². The highest BCUT2D eigenvalue weighted by Crippen LogP contribution is 2.19. The summed E-state index contributed by atoms with van der Waals surface area (Å²) in [7, 11) is 0. The number of anilines is 1. The van der Waals surface area contributed by atoms with Crippen LogP contribution in [0, 0.1) is 0 Å². The number of hydrogen-bond acceptors (Lipinski definition) is 2. The number of carbonyl (C=O) groups is 1. The van der Waals surface area contributed by atoms with E-state index in [4.69, 9.17) is 0 Å². The van der Waals surface area contributed by atoms with Gasteiger partial charge in [0.2, 0.25) is 0 Å². The monoisotopic (exact) mass is 171 g/mol. The van der Waals surface area contributed by atoms with Gasteiger partial charge < -0.3 is 5.32 Å². The zero-order valence-electron chi connectivity index (χ0n) is 7.03. The smallest absolute Gasteiger partial charge is 0.151 e. The van der Waals surface area contributed by atoms with Gasteiger partial charge in [0.1, 0.15) is 0 Å². The third-order valence-electron chi connectivity index (χ3n) is 1.95. The van der Waals surface area contributed by atoms with Gasteiger partial charge in [0.15, 0.2) is 6.29 Å². The van der Waals surface area contributed by atoms with Gasteiger partial charge in [0, 0.05) is 17.5 Å². The summed E-state index contributed by atoms with van der Waals surface area (Å²) in [5.41, 5.74) is 2.77. The van der Waals surface area contributed by atoms with Crippen molar-refractivity contribution in [1.29, 1.82) is 0 Å². The molecular formula is C11H9NO. The Kier molecular flexibility index (Phi) is 1.96. The molecule has 0 saturated carbocycles. The summed E-state index contributed by atoms with van der Waals surface area (Å²) in [6.07, 6.45) is 6.26. The molecule has 2 heteroatoms. The largest absolute Gasteiger partial charge is 0.360 e. The molecule has 0 spiro atoms. The molecule has 64 valence electrons. The van der Waals surface area contributed by atoms with Gasteiger partial charge in [-0.25, -0.2) is 0 Å². The first-order valence-corrected chi connectivity index (χ1v) is 4.09. The van der Waals surface area contributed by atoms with Gasteiger partial charge >= 0.3 is 0 Å². The highest BCUT2D eigenvalue weighted by molar-refractivity contribution is 5.84. The fourth-order valence-electron chi connectivity index (χ4n) is 1.24. The Bertz CT molecular complexity index is 391. The van der Waals surface area contributed by atoms with Crippen molar-refractivity contribution < 1.29 is 4.79 Å². The van der Waals surface area contributed by atoms with E-state index in [1.54, 1.807) is 12.3 Å². The molecule has 0 atom stereocenters. The minimum absolute atomic E-state index is 0.649. The van der Waals surface area contributed by atoms with Gasteiger partial charge in [-0.3, -0.25) is 4.79 Å². The van der Waals surface area contributed by atoms with Crippen molar-refractivity contribution in [2.45, 2.75) is 0 Å². The fourth-order valence-corrected chi connectivity index (χ4v) is 1.24. The molecule has 2 rings (SSSR count). The van der Waals surface area contributed by atoms with Crippen molar-refractivity contribution in [3.63, 3.8) is 0 Å². The Morgan fingerprint density at radius 1 is 1.15 bits per heavy atom. The van der Waals surface area contributed by atoms with Crippen LogP contribution in [0.25, 0.3) is 6.08 Å². The third-order valence-corrected chi connectivity index (χ3v) is 1.95. The zero-order chi connectivity index (χ0) is 9.10. The SMILES string of the molecule is O=CC1=CNc2ccccc2C=C1. The number of benzene rings is 1. The van der Waals surface area contributed by atoms with Crippen molar-refractivity contribution >= 4 is 18.0 Å². The molecule has 1 aliphatic heterocycles. The molecule has 2 nitrogen and oxygen atoms in total. The molecule has 1 aromatic rings. The van der Waals surface area contributed by atoms with Crippen LogP contribution in [0.4, 0.5) is 5.69 Å². The predicted octanol–water partition coefficient (Wildman–Crippen LogP) is 2.21. The summed E-state index contributed by atoms with van der Waals surface area (Å²) < 4.78 is 0. The second-order valence-corrected chi connectivity index (χ2v) is 2.83. The number of rotatable bonds is 1. The molecule has 0 aliphatic carbocycles. The van der Waals surface area contributed by atoms with Gasteiger partial charge in [-0.05, 0) is 17.7 Å². The lowest BCUT2D eigenvalue weighted by Crippen LogP contribution is -1.90. The average molecular weight is 171 g/mol. The molecule has 13 heavy (non-hydrogen) atoms. The van der Waals surface area contributed by atoms with Crippen LogP contribution in [0.5, 0.6) is 0 Å². The first kappa shape index (κ1) is 7.80. The Balaban J connectivity index is 2.44. The minimum atomic E-state index is 0.649. The highest BCUT2D eigenvalue weighted by atomic mass is 16.1. The summed E-state index contributed by atoms with van der Waals surface area (Å²) in [6.45, 7) is 0. The second-order valence-electron chi connectivity index (χ2n) is 2.83. The van der Waals surface area contributed by atoms with E-state index in [9.17, 15) is 4.79 Å². The van der Waals surface area contributed by atoms with Crippen LogP contribution in [0.2, 0.25) is 0 Å². The summed E-state index contributed by atoms with van der Waals surface area (Å²) in [6, 6.07) is 7.90. The van der Waals surface area contributed by atoms with Crippen LogP contribution in [0.1, 0.15) is 5.56 Å². The Hall–Kier alpha value is -1.83. The van der Waals surface area contributed by atoms with Crippen LogP contribution in [0.3, 0.4) is 0 Å². The van der Waals surface area contributed by atoms with Crippen LogP contribution in [-0.4, -0.2) is 6.29 Å². The van der Waals surface area contributed by atoms with Gasteiger partial charge in [-0.2, -0.15) is 0 Å². The number of allylic oxidation sites excluding steroid dienone is 2.